The minimum absolute atomic E-state index is 0.234. The molecule has 2 aromatic rings. The molecule has 1 aliphatic heterocycles. The smallest absolute Gasteiger partial charge is 0.0235 e. The molecule has 2 aromatic carbocycles. The van der Waals surface area contributed by atoms with E-state index in [4.69, 9.17) is 0 Å². The third-order valence-corrected chi connectivity index (χ3v) is 7.87. The standard InChI is InChI=1S/C24H28S/c1-24(2,3)23-18-7-5-4-6-17(18)14-25-22-13-20-16-10-8-15(9-11-16)19(20)12-21(22)23/h4-7,12-13,15-16,23H,8-11,14H2,1-3H3. The Balaban J connectivity index is 1.74. The van der Waals surface area contributed by atoms with Gasteiger partial charge in [0.05, 0.1) is 0 Å². The Morgan fingerprint density at radius 1 is 0.800 bits per heavy atom. The average molecular weight is 349 g/mol. The summed E-state index contributed by atoms with van der Waals surface area (Å²) in [5.41, 5.74) is 8.33. The first kappa shape index (κ1) is 16.0. The number of hydrogen-bond acceptors (Lipinski definition) is 1. The lowest BCUT2D eigenvalue weighted by molar-refractivity contribution is 0.345. The van der Waals surface area contributed by atoms with Crippen LogP contribution in [0.15, 0.2) is 41.3 Å². The summed E-state index contributed by atoms with van der Waals surface area (Å²) in [7, 11) is 0. The van der Waals surface area contributed by atoms with Crippen molar-refractivity contribution in [3.05, 3.63) is 64.2 Å². The summed E-state index contributed by atoms with van der Waals surface area (Å²) in [5, 5.41) is 0. The number of hydrogen-bond donors (Lipinski definition) is 0. The van der Waals surface area contributed by atoms with E-state index in [2.05, 4.69) is 68.9 Å². The summed E-state index contributed by atoms with van der Waals surface area (Å²) in [6.45, 7) is 7.25. The van der Waals surface area contributed by atoms with E-state index in [0.717, 1.165) is 17.6 Å². The Kier molecular flexibility index (Phi) is 3.61. The molecule has 4 aliphatic rings. The van der Waals surface area contributed by atoms with Crippen LogP contribution in [-0.4, -0.2) is 0 Å². The van der Waals surface area contributed by atoms with Crippen molar-refractivity contribution in [2.75, 3.05) is 0 Å². The molecule has 1 atom stereocenters. The van der Waals surface area contributed by atoms with Crippen molar-refractivity contribution in [2.24, 2.45) is 5.41 Å². The van der Waals surface area contributed by atoms with Gasteiger partial charge in [0.15, 0.2) is 0 Å². The zero-order valence-electron chi connectivity index (χ0n) is 15.6. The third-order valence-electron chi connectivity index (χ3n) is 6.75. The van der Waals surface area contributed by atoms with E-state index >= 15 is 0 Å². The number of rotatable bonds is 0. The highest BCUT2D eigenvalue weighted by molar-refractivity contribution is 7.98. The normalized spacial score (nSPS) is 27.2. The van der Waals surface area contributed by atoms with Crippen LogP contribution in [-0.2, 0) is 5.75 Å². The van der Waals surface area contributed by atoms with Crippen molar-refractivity contribution >= 4 is 11.8 Å². The van der Waals surface area contributed by atoms with E-state index in [0.29, 0.717) is 5.92 Å². The molecule has 0 nitrogen and oxygen atoms in total. The van der Waals surface area contributed by atoms with Crippen LogP contribution in [0.2, 0.25) is 0 Å². The molecule has 6 rings (SSSR count). The van der Waals surface area contributed by atoms with Crippen LogP contribution < -0.4 is 0 Å². The Bertz CT molecular complexity index is 818. The van der Waals surface area contributed by atoms with Gasteiger partial charge < -0.3 is 0 Å². The quantitative estimate of drug-likeness (QED) is 0.484. The summed E-state index contributed by atoms with van der Waals surface area (Å²) in [5.74, 6) is 3.28. The zero-order chi connectivity index (χ0) is 17.2. The Morgan fingerprint density at radius 3 is 2.12 bits per heavy atom. The van der Waals surface area contributed by atoms with Crippen LogP contribution in [0.4, 0.5) is 0 Å². The van der Waals surface area contributed by atoms with Gasteiger partial charge in [-0.25, -0.2) is 0 Å². The van der Waals surface area contributed by atoms with Gasteiger partial charge in [-0.05, 0) is 76.8 Å². The highest BCUT2D eigenvalue weighted by Crippen LogP contribution is 2.54. The first-order valence-corrected chi connectivity index (χ1v) is 10.9. The molecule has 1 fully saturated rings. The molecule has 0 N–H and O–H groups in total. The van der Waals surface area contributed by atoms with E-state index in [1.165, 1.54) is 31.2 Å². The average Bonchev–Trinajstić information content (AvgIpc) is 2.77. The molecule has 0 saturated heterocycles. The predicted molar refractivity (Wildman–Crippen MR) is 108 cm³/mol. The topological polar surface area (TPSA) is 0 Å². The highest BCUT2D eigenvalue weighted by atomic mass is 32.2. The second kappa shape index (κ2) is 5.64. The number of benzene rings is 2. The third kappa shape index (κ3) is 2.50. The SMILES string of the molecule is CC(C)(C)C1c2ccccc2CSc2cc3c(cc21)C1CCC3CC1. The van der Waals surface area contributed by atoms with Crippen molar-refractivity contribution in [3.63, 3.8) is 0 Å². The summed E-state index contributed by atoms with van der Waals surface area (Å²) in [6.07, 6.45) is 5.68. The van der Waals surface area contributed by atoms with Crippen molar-refractivity contribution in [1.82, 2.24) is 0 Å². The molecule has 1 heterocycles. The second-order valence-corrected chi connectivity index (χ2v) is 10.4. The highest BCUT2D eigenvalue weighted by Gasteiger charge is 2.38. The van der Waals surface area contributed by atoms with Crippen LogP contribution in [0.3, 0.4) is 0 Å². The Morgan fingerprint density at radius 2 is 1.44 bits per heavy atom. The van der Waals surface area contributed by atoms with Gasteiger partial charge in [0.2, 0.25) is 0 Å². The zero-order valence-corrected chi connectivity index (χ0v) is 16.5. The summed E-state index contributed by atoms with van der Waals surface area (Å²) < 4.78 is 0. The van der Waals surface area contributed by atoms with Crippen molar-refractivity contribution < 1.29 is 0 Å². The van der Waals surface area contributed by atoms with Gasteiger partial charge in [-0.15, -0.1) is 11.8 Å². The van der Waals surface area contributed by atoms with E-state index in [-0.39, 0.29) is 5.41 Å². The van der Waals surface area contributed by atoms with Gasteiger partial charge in [-0.3, -0.25) is 0 Å². The lowest BCUT2D eigenvalue weighted by Gasteiger charge is -2.40. The Hall–Kier alpha value is -1.21. The van der Waals surface area contributed by atoms with Crippen molar-refractivity contribution in [3.8, 4) is 0 Å². The lowest BCUT2D eigenvalue weighted by Crippen LogP contribution is -2.24. The molecule has 130 valence electrons. The molecule has 1 heteroatoms. The van der Waals surface area contributed by atoms with Gasteiger partial charge in [0, 0.05) is 16.6 Å². The maximum Gasteiger partial charge on any atom is 0.0235 e. The molecule has 0 spiro atoms. The van der Waals surface area contributed by atoms with Gasteiger partial charge in [0.1, 0.15) is 0 Å². The fourth-order valence-corrected chi connectivity index (χ4v) is 6.73. The Labute approximate surface area is 156 Å². The monoisotopic (exact) mass is 348 g/mol. The first-order valence-electron chi connectivity index (χ1n) is 9.90. The molecule has 1 saturated carbocycles. The molecule has 3 aliphatic carbocycles. The van der Waals surface area contributed by atoms with E-state index in [9.17, 15) is 0 Å². The fourth-order valence-electron chi connectivity index (χ4n) is 5.61. The predicted octanol–water partition coefficient (Wildman–Crippen LogP) is 7.23. The molecular formula is C24H28S. The van der Waals surface area contributed by atoms with Crippen LogP contribution in [0.25, 0.3) is 0 Å². The van der Waals surface area contributed by atoms with Gasteiger partial charge >= 0.3 is 0 Å². The van der Waals surface area contributed by atoms with E-state index < -0.39 is 0 Å². The van der Waals surface area contributed by atoms with Crippen LogP contribution in [0, 0.1) is 5.41 Å². The fraction of sp³-hybridized carbons (Fsp3) is 0.500. The molecule has 1 unspecified atom stereocenters. The first-order chi connectivity index (χ1) is 12.0. The molecule has 25 heavy (non-hydrogen) atoms. The minimum Gasteiger partial charge on any atom is -0.121 e. The second-order valence-electron chi connectivity index (χ2n) is 9.35. The minimum atomic E-state index is 0.234. The number of fused-ring (bicyclic) bond motifs is 4. The molecule has 0 radical (unpaired) electrons. The molecule has 2 bridgehead atoms. The summed E-state index contributed by atoms with van der Waals surface area (Å²) in [4.78, 5) is 1.56. The van der Waals surface area contributed by atoms with Gasteiger partial charge in [-0.2, -0.15) is 0 Å². The maximum absolute atomic E-state index is 2.64. The summed E-state index contributed by atoms with van der Waals surface area (Å²) >= 11 is 2.07. The van der Waals surface area contributed by atoms with E-state index in [1.54, 1.807) is 27.1 Å². The molecule has 0 amide bonds. The van der Waals surface area contributed by atoms with Crippen molar-refractivity contribution in [1.29, 1.82) is 0 Å². The van der Waals surface area contributed by atoms with Crippen molar-refractivity contribution in [2.45, 2.75) is 74.9 Å². The molecular weight excluding hydrogens is 320 g/mol. The molecule has 0 aromatic heterocycles. The largest absolute Gasteiger partial charge is 0.121 e. The number of thioether (sulfide) groups is 1. The van der Waals surface area contributed by atoms with E-state index in [1.807, 2.05) is 0 Å². The van der Waals surface area contributed by atoms with Crippen LogP contribution >= 0.6 is 11.8 Å². The van der Waals surface area contributed by atoms with Gasteiger partial charge in [0.25, 0.3) is 0 Å². The summed E-state index contributed by atoms with van der Waals surface area (Å²) in [6, 6.07) is 14.4. The maximum atomic E-state index is 2.64. The van der Waals surface area contributed by atoms with Gasteiger partial charge in [-0.1, -0.05) is 51.1 Å². The van der Waals surface area contributed by atoms with Crippen LogP contribution in [0.1, 0.15) is 92.0 Å². The lowest BCUT2D eigenvalue weighted by atomic mass is 9.65. The van der Waals surface area contributed by atoms with Crippen LogP contribution in [0.5, 0.6) is 0 Å².